The molecule has 2 aliphatic carbocycles. The van der Waals surface area contributed by atoms with Crippen molar-refractivity contribution in [2.24, 2.45) is 0 Å². The number of carbonyl (C=O) groups excluding carboxylic acids is 1. The molecule has 1 heterocycles. The summed E-state index contributed by atoms with van der Waals surface area (Å²) in [5, 5.41) is 6.69. The van der Waals surface area contributed by atoms with Gasteiger partial charge in [0.25, 0.3) is 0 Å². The monoisotopic (exact) mass is 369 g/mol. The summed E-state index contributed by atoms with van der Waals surface area (Å²) in [6.07, 6.45) is 12.9. The number of rotatable bonds is 5. The molecule has 1 saturated carbocycles. The molecule has 0 aromatic heterocycles. The molecule has 2 N–H and O–H groups in total. The lowest BCUT2D eigenvalue weighted by Crippen LogP contribution is -2.51. The van der Waals surface area contributed by atoms with Gasteiger partial charge in [-0.3, -0.25) is 4.79 Å². The number of carbonyl (C=O) groups is 1. The van der Waals surface area contributed by atoms with Crippen molar-refractivity contribution in [3.63, 3.8) is 0 Å². The van der Waals surface area contributed by atoms with Gasteiger partial charge < -0.3 is 15.5 Å². The van der Waals surface area contributed by atoms with Crippen molar-refractivity contribution < 1.29 is 4.79 Å². The van der Waals surface area contributed by atoms with Gasteiger partial charge in [0.15, 0.2) is 0 Å². The number of nitrogens with zero attached hydrogens (tertiary/aromatic N) is 1. The zero-order valence-corrected chi connectivity index (χ0v) is 16.8. The van der Waals surface area contributed by atoms with Crippen LogP contribution >= 0.6 is 0 Å². The van der Waals surface area contributed by atoms with Crippen molar-refractivity contribution >= 4 is 11.6 Å². The molecule has 1 amide bonds. The van der Waals surface area contributed by atoms with Gasteiger partial charge in [0.2, 0.25) is 5.91 Å². The van der Waals surface area contributed by atoms with E-state index >= 15 is 0 Å². The van der Waals surface area contributed by atoms with Gasteiger partial charge in [0.05, 0.1) is 6.04 Å². The molecule has 1 aromatic rings. The van der Waals surface area contributed by atoms with Gasteiger partial charge in [-0.2, -0.15) is 0 Å². The number of anilines is 1. The van der Waals surface area contributed by atoms with Crippen molar-refractivity contribution in [3.05, 3.63) is 29.3 Å². The molecular formula is C23H35N3O. The van der Waals surface area contributed by atoms with Crippen LogP contribution in [-0.4, -0.2) is 42.0 Å². The minimum Gasteiger partial charge on any atom is -0.325 e. The van der Waals surface area contributed by atoms with E-state index in [0.717, 1.165) is 31.0 Å². The van der Waals surface area contributed by atoms with Crippen LogP contribution < -0.4 is 10.6 Å². The molecule has 4 rings (SSSR count). The lowest BCUT2D eigenvalue weighted by Gasteiger charge is -2.40. The Hall–Kier alpha value is -1.39. The van der Waals surface area contributed by atoms with E-state index < -0.39 is 0 Å². The lowest BCUT2D eigenvalue weighted by molar-refractivity contribution is -0.118. The molecule has 4 heteroatoms. The summed E-state index contributed by atoms with van der Waals surface area (Å²) in [4.78, 5) is 15.3. The highest BCUT2D eigenvalue weighted by molar-refractivity contribution is 5.94. The molecule has 3 aliphatic rings. The molecule has 0 bridgehead atoms. The van der Waals surface area contributed by atoms with Crippen LogP contribution in [0.1, 0.15) is 69.4 Å². The minimum atomic E-state index is -0.149. The first kappa shape index (κ1) is 18.9. The standard InChI is InChI=1S/C23H35N3O/c1-17(23(27)25-21-11-10-18-6-5-7-19(18)16-21)24-20-12-14-26(15-13-20)22-8-3-2-4-9-22/h10-11,16-17,20,22,24H,2-9,12-15H2,1H3,(H,25,27). The van der Waals surface area contributed by atoms with Gasteiger partial charge in [-0.25, -0.2) is 0 Å². The smallest absolute Gasteiger partial charge is 0.241 e. The van der Waals surface area contributed by atoms with E-state index in [2.05, 4.69) is 33.7 Å². The highest BCUT2D eigenvalue weighted by Gasteiger charge is 2.27. The second-order valence-corrected chi connectivity index (χ2v) is 8.82. The van der Waals surface area contributed by atoms with Gasteiger partial charge in [0, 0.05) is 17.8 Å². The third kappa shape index (κ3) is 4.72. The van der Waals surface area contributed by atoms with Crippen LogP contribution in [0.4, 0.5) is 5.69 Å². The van der Waals surface area contributed by atoms with Crippen molar-refractivity contribution in [1.82, 2.24) is 10.2 Å². The van der Waals surface area contributed by atoms with Crippen molar-refractivity contribution in [2.45, 2.75) is 89.3 Å². The third-order valence-electron chi connectivity index (χ3n) is 6.87. The van der Waals surface area contributed by atoms with Crippen molar-refractivity contribution in [1.29, 1.82) is 0 Å². The number of amides is 1. The maximum Gasteiger partial charge on any atom is 0.241 e. The normalized spacial score (nSPS) is 23.1. The Morgan fingerprint density at radius 1 is 1.00 bits per heavy atom. The van der Waals surface area contributed by atoms with Gasteiger partial charge in [-0.15, -0.1) is 0 Å². The fourth-order valence-corrected chi connectivity index (χ4v) is 5.21. The van der Waals surface area contributed by atoms with Crippen LogP contribution in [0.25, 0.3) is 0 Å². The van der Waals surface area contributed by atoms with E-state index in [0.29, 0.717) is 6.04 Å². The van der Waals surface area contributed by atoms with Crippen LogP contribution in [0.5, 0.6) is 0 Å². The molecule has 4 nitrogen and oxygen atoms in total. The number of hydrogen-bond acceptors (Lipinski definition) is 3. The molecular weight excluding hydrogens is 334 g/mol. The maximum atomic E-state index is 12.6. The van der Waals surface area contributed by atoms with Crippen LogP contribution in [0, 0.1) is 0 Å². The van der Waals surface area contributed by atoms with Crippen molar-refractivity contribution in [3.8, 4) is 0 Å². The second kappa shape index (κ2) is 8.74. The molecule has 1 aliphatic heterocycles. The van der Waals surface area contributed by atoms with E-state index in [4.69, 9.17) is 0 Å². The number of benzene rings is 1. The largest absolute Gasteiger partial charge is 0.325 e. The average molecular weight is 370 g/mol. The summed E-state index contributed by atoms with van der Waals surface area (Å²) < 4.78 is 0. The lowest BCUT2D eigenvalue weighted by atomic mass is 9.92. The molecule has 1 atom stereocenters. The predicted molar refractivity (Wildman–Crippen MR) is 111 cm³/mol. The van der Waals surface area contributed by atoms with Gasteiger partial charge in [-0.05, 0) is 88.2 Å². The molecule has 1 saturated heterocycles. The Kier molecular flexibility index (Phi) is 6.14. The topological polar surface area (TPSA) is 44.4 Å². The number of nitrogens with one attached hydrogen (secondary N) is 2. The Bertz CT molecular complexity index is 645. The Morgan fingerprint density at radius 3 is 2.52 bits per heavy atom. The Morgan fingerprint density at radius 2 is 1.74 bits per heavy atom. The zero-order valence-electron chi connectivity index (χ0n) is 16.8. The SMILES string of the molecule is CC(NC1CCN(C2CCCCC2)CC1)C(=O)Nc1ccc2c(c1)CCC2. The summed E-state index contributed by atoms with van der Waals surface area (Å²) in [5.41, 5.74) is 3.80. The summed E-state index contributed by atoms with van der Waals surface area (Å²) in [7, 11) is 0. The van der Waals surface area contributed by atoms with Gasteiger partial charge in [-0.1, -0.05) is 25.3 Å². The first-order valence-corrected chi connectivity index (χ1v) is 11.1. The van der Waals surface area contributed by atoms with E-state index in [1.807, 2.05) is 6.92 Å². The number of hydrogen-bond donors (Lipinski definition) is 2. The highest BCUT2D eigenvalue weighted by atomic mass is 16.2. The fraction of sp³-hybridized carbons (Fsp3) is 0.696. The molecule has 0 spiro atoms. The molecule has 1 aromatic carbocycles. The maximum absolute atomic E-state index is 12.6. The molecule has 0 radical (unpaired) electrons. The van der Waals surface area contributed by atoms with Gasteiger partial charge >= 0.3 is 0 Å². The van der Waals surface area contributed by atoms with Crippen LogP contribution in [0.15, 0.2) is 18.2 Å². The van der Waals surface area contributed by atoms with E-state index in [1.54, 1.807) is 0 Å². The molecule has 148 valence electrons. The minimum absolute atomic E-state index is 0.0858. The van der Waals surface area contributed by atoms with Crippen molar-refractivity contribution in [2.75, 3.05) is 18.4 Å². The molecule has 27 heavy (non-hydrogen) atoms. The third-order valence-corrected chi connectivity index (χ3v) is 6.87. The summed E-state index contributed by atoms with van der Waals surface area (Å²) in [6, 6.07) is 7.53. The average Bonchev–Trinajstić information content (AvgIpc) is 3.17. The number of aryl methyl sites for hydroxylation is 2. The first-order chi connectivity index (χ1) is 13.2. The summed E-state index contributed by atoms with van der Waals surface area (Å²) in [5.74, 6) is 0.0858. The Balaban J connectivity index is 1.23. The van der Waals surface area contributed by atoms with E-state index in [1.165, 1.54) is 69.2 Å². The second-order valence-electron chi connectivity index (χ2n) is 8.82. The summed E-state index contributed by atoms with van der Waals surface area (Å²) in [6.45, 7) is 4.36. The zero-order chi connectivity index (χ0) is 18.6. The van der Waals surface area contributed by atoms with Crippen LogP contribution in [-0.2, 0) is 17.6 Å². The number of piperidine rings is 1. The quantitative estimate of drug-likeness (QED) is 0.828. The first-order valence-electron chi connectivity index (χ1n) is 11.1. The van der Waals surface area contributed by atoms with Crippen LogP contribution in [0.2, 0.25) is 0 Å². The fourth-order valence-electron chi connectivity index (χ4n) is 5.21. The molecule has 2 fully saturated rings. The van der Waals surface area contributed by atoms with Crippen LogP contribution in [0.3, 0.4) is 0 Å². The molecule has 1 unspecified atom stereocenters. The Labute approximate surface area is 164 Å². The number of likely N-dealkylation sites (tertiary alicyclic amines) is 1. The van der Waals surface area contributed by atoms with Gasteiger partial charge in [0.1, 0.15) is 0 Å². The van der Waals surface area contributed by atoms with E-state index in [9.17, 15) is 4.79 Å². The number of fused-ring (bicyclic) bond motifs is 1. The highest BCUT2D eigenvalue weighted by Crippen LogP contribution is 2.26. The summed E-state index contributed by atoms with van der Waals surface area (Å²) >= 11 is 0. The van der Waals surface area contributed by atoms with E-state index in [-0.39, 0.29) is 11.9 Å². The predicted octanol–water partition coefficient (Wildman–Crippen LogP) is 3.89.